The zero-order chi connectivity index (χ0) is 14.9. The summed E-state index contributed by atoms with van der Waals surface area (Å²) in [4.78, 5) is 4.55. The highest BCUT2D eigenvalue weighted by Crippen LogP contribution is 2.31. The standard InChI is InChI=1S/C16H21N3O2/c1-4-20-16(2,3)15-18-14(21-19-15)12-9-11-7-5-6-8-13(11)17-10-12/h5-8,12,17H,4,9-10H2,1-3H3. The molecule has 0 aliphatic carbocycles. The molecule has 5 nitrogen and oxygen atoms in total. The Balaban J connectivity index is 1.79. The lowest BCUT2D eigenvalue weighted by molar-refractivity contribution is -0.0221. The first-order valence-electron chi connectivity index (χ1n) is 7.40. The van der Waals surface area contributed by atoms with Gasteiger partial charge < -0.3 is 14.6 Å². The van der Waals surface area contributed by atoms with E-state index >= 15 is 0 Å². The fourth-order valence-electron chi connectivity index (χ4n) is 2.69. The highest BCUT2D eigenvalue weighted by molar-refractivity contribution is 5.53. The summed E-state index contributed by atoms with van der Waals surface area (Å²) >= 11 is 0. The maximum Gasteiger partial charge on any atom is 0.231 e. The van der Waals surface area contributed by atoms with Gasteiger partial charge in [0.15, 0.2) is 0 Å². The van der Waals surface area contributed by atoms with E-state index in [4.69, 9.17) is 9.26 Å². The predicted molar refractivity (Wildman–Crippen MR) is 80.3 cm³/mol. The zero-order valence-electron chi connectivity index (χ0n) is 12.7. The van der Waals surface area contributed by atoms with E-state index in [0.29, 0.717) is 18.3 Å². The molecule has 1 atom stereocenters. The number of fused-ring (bicyclic) bond motifs is 1. The van der Waals surface area contributed by atoms with Crippen LogP contribution in [0.5, 0.6) is 0 Å². The molecule has 0 bridgehead atoms. The highest BCUT2D eigenvalue weighted by Gasteiger charge is 2.30. The van der Waals surface area contributed by atoms with E-state index in [1.54, 1.807) is 0 Å². The van der Waals surface area contributed by atoms with Crippen molar-refractivity contribution in [2.45, 2.75) is 38.7 Å². The molecule has 1 aliphatic rings. The number of anilines is 1. The Labute approximate surface area is 124 Å². The largest absolute Gasteiger partial charge is 0.384 e. The maximum atomic E-state index is 5.67. The van der Waals surface area contributed by atoms with Crippen molar-refractivity contribution in [3.8, 4) is 0 Å². The second-order valence-corrected chi connectivity index (χ2v) is 5.84. The number of hydrogen-bond donors (Lipinski definition) is 1. The summed E-state index contributed by atoms with van der Waals surface area (Å²) in [7, 11) is 0. The van der Waals surface area contributed by atoms with Gasteiger partial charge in [0.05, 0.1) is 5.92 Å². The van der Waals surface area contributed by atoms with Gasteiger partial charge in [-0.15, -0.1) is 0 Å². The van der Waals surface area contributed by atoms with Gasteiger partial charge in [-0.1, -0.05) is 23.4 Å². The Bertz CT molecular complexity index is 621. The van der Waals surface area contributed by atoms with Crippen molar-refractivity contribution in [2.24, 2.45) is 0 Å². The minimum Gasteiger partial charge on any atom is -0.384 e. The predicted octanol–water partition coefficient (Wildman–Crippen LogP) is 3.09. The van der Waals surface area contributed by atoms with Crippen molar-refractivity contribution in [3.63, 3.8) is 0 Å². The Morgan fingerprint density at radius 2 is 2.19 bits per heavy atom. The van der Waals surface area contributed by atoms with Crippen LogP contribution >= 0.6 is 0 Å². The smallest absolute Gasteiger partial charge is 0.231 e. The second-order valence-electron chi connectivity index (χ2n) is 5.84. The van der Waals surface area contributed by atoms with Gasteiger partial charge in [-0.25, -0.2) is 0 Å². The lowest BCUT2D eigenvalue weighted by Gasteiger charge is -2.23. The van der Waals surface area contributed by atoms with E-state index in [1.165, 1.54) is 11.3 Å². The number of nitrogens with one attached hydrogen (secondary N) is 1. The molecule has 1 aromatic carbocycles. The first-order chi connectivity index (χ1) is 10.1. The van der Waals surface area contributed by atoms with E-state index < -0.39 is 5.60 Å². The number of hydrogen-bond acceptors (Lipinski definition) is 5. The number of ether oxygens (including phenoxy) is 1. The molecular weight excluding hydrogens is 266 g/mol. The van der Waals surface area contributed by atoms with Crippen LogP contribution in [0.15, 0.2) is 28.8 Å². The molecular formula is C16H21N3O2. The fourth-order valence-corrected chi connectivity index (χ4v) is 2.69. The van der Waals surface area contributed by atoms with E-state index in [1.807, 2.05) is 26.8 Å². The summed E-state index contributed by atoms with van der Waals surface area (Å²) in [6.45, 7) is 7.31. The molecule has 0 spiro atoms. The number of para-hydroxylation sites is 1. The second kappa shape index (κ2) is 5.48. The first kappa shape index (κ1) is 14.1. The lowest BCUT2D eigenvalue weighted by atomic mass is 9.94. The van der Waals surface area contributed by atoms with Crippen molar-refractivity contribution in [3.05, 3.63) is 41.5 Å². The Hall–Kier alpha value is -1.88. The number of rotatable bonds is 4. The van der Waals surface area contributed by atoms with Crippen LogP contribution in [0.4, 0.5) is 5.69 Å². The number of aromatic nitrogens is 2. The molecule has 0 saturated carbocycles. The average Bonchev–Trinajstić information content (AvgIpc) is 2.97. The van der Waals surface area contributed by atoms with E-state index in [0.717, 1.165) is 13.0 Å². The fraction of sp³-hybridized carbons (Fsp3) is 0.500. The third-order valence-electron chi connectivity index (χ3n) is 3.86. The summed E-state index contributed by atoms with van der Waals surface area (Å²) in [5.74, 6) is 1.50. The summed E-state index contributed by atoms with van der Waals surface area (Å²) in [6.07, 6.45) is 0.917. The molecule has 5 heteroatoms. The molecule has 2 aromatic rings. The van der Waals surface area contributed by atoms with Gasteiger partial charge >= 0.3 is 0 Å². The molecule has 1 aromatic heterocycles. The van der Waals surface area contributed by atoms with Crippen LogP contribution in [-0.4, -0.2) is 23.3 Å². The van der Waals surface area contributed by atoms with Crippen molar-refractivity contribution in [2.75, 3.05) is 18.5 Å². The van der Waals surface area contributed by atoms with Gasteiger partial charge in [-0.05, 0) is 38.8 Å². The molecule has 3 rings (SSSR count). The third kappa shape index (κ3) is 2.78. The molecule has 112 valence electrons. The summed E-state index contributed by atoms with van der Waals surface area (Å²) in [6, 6.07) is 8.33. The Kier molecular flexibility index (Phi) is 3.68. The van der Waals surface area contributed by atoms with E-state index in [-0.39, 0.29) is 5.92 Å². The highest BCUT2D eigenvalue weighted by atomic mass is 16.5. The van der Waals surface area contributed by atoms with Crippen molar-refractivity contribution < 1.29 is 9.26 Å². The van der Waals surface area contributed by atoms with E-state index in [9.17, 15) is 0 Å². The lowest BCUT2D eigenvalue weighted by Crippen LogP contribution is -2.24. The normalized spacial score (nSPS) is 18.1. The third-order valence-corrected chi connectivity index (χ3v) is 3.86. The summed E-state index contributed by atoms with van der Waals surface area (Å²) < 4.78 is 11.1. The van der Waals surface area contributed by atoms with E-state index in [2.05, 4.69) is 33.7 Å². The van der Waals surface area contributed by atoms with Crippen molar-refractivity contribution >= 4 is 5.69 Å². The Morgan fingerprint density at radius 3 is 3.00 bits per heavy atom. The first-order valence-corrected chi connectivity index (χ1v) is 7.40. The van der Waals surface area contributed by atoms with Crippen molar-refractivity contribution in [1.82, 2.24) is 10.1 Å². The Morgan fingerprint density at radius 1 is 1.38 bits per heavy atom. The molecule has 21 heavy (non-hydrogen) atoms. The summed E-state index contributed by atoms with van der Waals surface area (Å²) in [5, 5.41) is 7.52. The zero-order valence-corrected chi connectivity index (χ0v) is 12.7. The van der Waals surface area contributed by atoms with Crippen LogP contribution in [0.25, 0.3) is 0 Å². The van der Waals surface area contributed by atoms with Crippen LogP contribution in [0.2, 0.25) is 0 Å². The average molecular weight is 287 g/mol. The molecule has 1 unspecified atom stereocenters. The van der Waals surface area contributed by atoms with Crippen molar-refractivity contribution in [1.29, 1.82) is 0 Å². The van der Waals surface area contributed by atoms with Gasteiger partial charge in [0.25, 0.3) is 0 Å². The maximum absolute atomic E-state index is 5.67. The minimum absolute atomic E-state index is 0.207. The molecule has 0 radical (unpaired) electrons. The monoisotopic (exact) mass is 287 g/mol. The topological polar surface area (TPSA) is 60.2 Å². The quantitative estimate of drug-likeness (QED) is 0.936. The minimum atomic E-state index is -0.517. The van der Waals surface area contributed by atoms with Crippen LogP contribution < -0.4 is 5.32 Å². The summed E-state index contributed by atoms with van der Waals surface area (Å²) in [5.41, 5.74) is 1.97. The van der Waals surface area contributed by atoms with Gasteiger partial charge in [-0.3, -0.25) is 0 Å². The molecule has 2 heterocycles. The number of benzene rings is 1. The van der Waals surface area contributed by atoms with Gasteiger partial charge in [0.2, 0.25) is 11.7 Å². The number of nitrogens with zero attached hydrogens (tertiary/aromatic N) is 2. The van der Waals surface area contributed by atoms with Crippen LogP contribution in [0.1, 0.15) is 44.0 Å². The molecule has 1 N–H and O–H groups in total. The van der Waals surface area contributed by atoms with Crippen LogP contribution in [0.3, 0.4) is 0 Å². The molecule has 1 aliphatic heterocycles. The SMILES string of the molecule is CCOC(C)(C)c1noc(C2CNc3ccccc3C2)n1. The molecule has 0 amide bonds. The molecule has 0 saturated heterocycles. The van der Waals surface area contributed by atoms with Gasteiger partial charge in [-0.2, -0.15) is 4.98 Å². The van der Waals surface area contributed by atoms with Crippen LogP contribution in [0, 0.1) is 0 Å². The van der Waals surface area contributed by atoms with Gasteiger partial charge in [0, 0.05) is 18.8 Å². The van der Waals surface area contributed by atoms with Crippen LogP contribution in [-0.2, 0) is 16.8 Å². The molecule has 0 fully saturated rings. The van der Waals surface area contributed by atoms with Gasteiger partial charge in [0.1, 0.15) is 5.60 Å².